The molecule has 19 heavy (non-hydrogen) atoms. The van der Waals surface area contributed by atoms with Gasteiger partial charge >= 0.3 is 0 Å². The number of anilines is 1. The first-order chi connectivity index (χ1) is 8.82. The lowest BCUT2D eigenvalue weighted by Gasteiger charge is -2.18. The van der Waals surface area contributed by atoms with Crippen LogP contribution in [0.5, 0.6) is 0 Å². The molecule has 106 valence electrons. The topological polar surface area (TPSA) is 67.2 Å². The van der Waals surface area contributed by atoms with Gasteiger partial charge in [-0.15, -0.1) is 0 Å². The molecule has 0 aliphatic carbocycles. The summed E-state index contributed by atoms with van der Waals surface area (Å²) in [6.45, 7) is 6.42. The lowest BCUT2D eigenvalue weighted by Crippen LogP contribution is -2.39. The number of hydrogen-bond donors (Lipinski definition) is 1. The summed E-state index contributed by atoms with van der Waals surface area (Å²) in [7, 11) is 3.35. The SMILES string of the molecule is CC(C)Cn1ccnc(NC(C)C(=O)N(C)C)c1=O. The number of aromatic nitrogens is 2. The highest BCUT2D eigenvalue weighted by molar-refractivity contribution is 5.83. The molecule has 0 bridgehead atoms. The highest BCUT2D eigenvalue weighted by atomic mass is 16.2. The second-order valence-corrected chi connectivity index (χ2v) is 5.23. The molecule has 0 aliphatic heterocycles. The predicted octanol–water partition coefficient (Wildman–Crippen LogP) is 0.788. The Bertz CT molecular complexity index is 494. The van der Waals surface area contributed by atoms with E-state index in [-0.39, 0.29) is 17.3 Å². The fourth-order valence-electron chi connectivity index (χ4n) is 1.74. The average Bonchev–Trinajstić information content (AvgIpc) is 2.32. The van der Waals surface area contributed by atoms with Crippen LogP contribution in [0.2, 0.25) is 0 Å². The fourth-order valence-corrected chi connectivity index (χ4v) is 1.74. The third-order valence-corrected chi connectivity index (χ3v) is 2.64. The summed E-state index contributed by atoms with van der Waals surface area (Å²) in [5.41, 5.74) is -0.199. The number of carbonyl (C=O) groups excluding carboxylic acids is 1. The standard InChI is InChI=1S/C13H22N4O2/c1-9(2)8-17-7-6-14-11(13(17)19)15-10(3)12(18)16(4)5/h6-7,9-10H,8H2,1-5H3,(H,14,15). The van der Waals surface area contributed by atoms with Crippen LogP contribution in [0, 0.1) is 5.92 Å². The van der Waals surface area contributed by atoms with Crippen molar-refractivity contribution in [2.45, 2.75) is 33.4 Å². The molecule has 1 amide bonds. The molecule has 1 N–H and O–H groups in total. The molecule has 1 heterocycles. The number of nitrogens with zero attached hydrogens (tertiary/aromatic N) is 3. The zero-order chi connectivity index (χ0) is 14.6. The van der Waals surface area contributed by atoms with E-state index >= 15 is 0 Å². The van der Waals surface area contributed by atoms with E-state index in [4.69, 9.17) is 0 Å². The van der Waals surface area contributed by atoms with Crippen LogP contribution in [0.3, 0.4) is 0 Å². The first-order valence-electron chi connectivity index (χ1n) is 6.36. The minimum Gasteiger partial charge on any atom is -0.354 e. The molecule has 1 aromatic rings. The summed E-state index contributed by atoms with van der Waals surface area (Å²) in [4.78, 5) is 29.4. The summed E-state index contributed by atoms with van der Waals surface area (Å²) in [6, 6.07) is -0.481. The Labute approximate surface area is 113 Å². The first-order valence-corrected chi connectivity index (χ1v) is 6.36. The summed E-state index contributed by atoms with van der Waals surface area (Å²) >= 11 is 0. The van der Waals surface area contributed by atoms with E-state index in [9.17, 15) is 9.59 Å². The summed E-state index contributed by atoms with van der Waals surface area (Å²) in [5, 5.41) is 2.87. The van der Waals surface area contributed by atoms with Gasteiger partial charge in [-0.3, -0.25) is 9.59 Å². The fraction of sp³-hybridized carbons (Fsp3) is 0.615. The molecule has 0 aliphatic rings. The number of likely N-dealkylation sites (N-methyl/N-ethyl adjacent to an activating group) is 1. The molecule has 1 unspecified atom stereocenters. The molecule has 0 radical (unpaired) electrons. The highest BCUT2D eigenvalue weighted by Crippen LogP contribution is 2.01. The van der Waals surface area contributed by atoms with Crippen molar-refractivity contribution in [3.8, 4) is 0 Å². The molecule has 0 spiro atoms. The normalized spacial score (nSPS) is 12.3. The van der Waals surface area contributed by atoms with Gasteiger partial charge in [0.05, 0.1) is 0 Å². The number of amides is 1. The second kappa shape index (κ2) is 6.36. The molecular weight excluding hydrogens is 244 g/mol. The maximum Gasteiger partial charge on any atom is 0.293 e. The van der Waals surface area contributed by atoms with Gasteiger partial charge in [0.15, 0.2) is 5.82 Å². The molecule has 1 rings (SSSR count). The van der Waals surface area contributed by atoms with Crippen LogP contribution in [0.15, 0.2) is 17.2 Å². The Morgan fingerprint density at radius 3 is 2.58 bits per heavy atom. The number of rotatable bonds is 5. The molecule has 0 fully saturated rings. The maximum atomic E-state index is 12.1. The van der Waals surface area contributed by atoms with E-state index in [1.165, 1.54) is 4.90 Å². The lowest BCUT2D eigenvalue weighted by molar-refractivity contribution is -0.129. The third-order valence-electron chi connectivity index (χ3n) is 2.64. The largest absolute Gasteiger partial charge is 0.354 e. The lowest BCUT2D eigenvalue weighted by atomic mass is 10.2. The highest BCUT2D eigenvalue weighted by Gasteiger charge is 2.17. The van der Waals surface area contributed by atoms with Gasteiger partial charge in [-0.25, -0.2) is 4.98 Å². The van der Waals surface area contributed by atoms with Crippen LogP contribution in [0.4, 0.5) is 5.82 Å². The van der Waals surface area contributed by atoms with Crippen LogP contribution >= 0.6 is 0 Å². The average molecular weight is 266 g/mol. The predicted molar refractivity (Wildman–Crippen MR) is 75.1 cm³/mol. The van der Waals surface area contributed by atoms with Gasteiger partial charge in [0.25, 0.3) is 5.56 Å². The van der Waals surface area contributed by atoms with Gasteiger partial charge in [0.1, 0.15) is 6.04 Å². The van der Waals surface area contributed by atoms with E-state index in [1.807, 2.05) is 13.8 Å². The number of hydrogen-bond acceptors (Lipinski definition) is 4. The maximum absolute atomic E-state index is 12.1. The molecule has 0 saturated heterocycles. The van der Waals surface area contributed by atoms with Crippen molar-refractivity contribution in [1.82, 2.24) is 14.5 Å². The quantitative estimate of drug-likeness (QED) is 0.855. The van der Waals surface area contributed by atoms with Crippen LogP contribution in [0.25, 0.3) is 0 Å². The Balaban J connectivity index is 2.91. The zero-order valence-electron chi connectivity index (χ0n) is 12.2. The molecule has 6 heteroatoms. The minimum atomic E-state index is -0.481. The van der Waals surface area contributed by atoms with Crippen molar-refractivity contribution < 1.29 is 4.79 Å². The Morgan fingerprint density at radius 1 is 1.42 bits per heavy atom. The van der Waals surface area contributed by atoms with E-state index in [0.717, 1.165) is 0 Å². The summed E-state index contributed by atoms with van der Waals surface area (Å²) < 4.78 is 1.60. The monoisotopic (exact) mass is 266 g/mol. The Hall–Kier alpha value is -1.85. The van der Waals surface area contributed by atoms with Gasteiger partial charge in [0.2, 0.25) is 5.91 Å². The van der Waals surface area contributed by atoms with Gasteiger partial charge < -0.3 is 14.8 Å². The van der Waals surface area contributed by atoms with Crippen LogP contribution < -0.4 is 10.9 Å². The van der Waals surface area contributed by atoms with Crippen LogP contribution in [-0.4, -0.2) is 40.5 Å². The Morgan fingerprint density at radius 2 is 2.05 bits per heavy atom. The number of nitrogens with one attached hydrogen (secondary N) is 1. The summed E-state index contributed by atoms with van der Waals surface area (Å²) in [6.07, 6.45) is 3.23. The van der Waals surface area contributed by atoms with E-state index in [1.54, 1.807) is 38.0 Å². The molecule has 0 aromatic carbocycles. The van der Waals surface area contributed by atoms with Gasteiger partial charge in [-0.1, -0.05) is 13.8 Å². The first kappa shape index (κ1) is 15.2. The zero-order valence-corrected chi connectivity index (χ0v) is 12.2. The minimum absolute atomic E-state index is 0.0968. The molecular formula is C13H22N4O2. The van der Waals surface area contributed by atoms with Gasteiger partial charge in [0, 0.05) is 33.0 Å². The van der Waals surface area contributed by atoms with E-state index < -0.39 is 6.04 Å². The van der Waals surface area contributed by atoms with E-state index in [2.05, 4.69) is 10.3 Å². The van der Waals surface area contributed by atoms with Crippen molar-refractivity contribution in [3.63, 3.8) is 0 Å². The van der Waals surface area contributed by atoms with Crippen molar-refractivity contribution in [2.75, 3.05) is 19.4 Å². The Kier molecular flexibility index (Phi) is 5.09. The third kappa shape index (κ3) is 4.08. The van der Waals surface area contributed by atoms with Crippen molar-refractivity contribution in [2.24, 2.45) is 5.92 Å². The van der Waals surface area contributed by atoms with Crippen LogP contribution in [-0.2, 0) is 11.3 Å². The smallest absolute Gasteiger partial charge is 0.293 e. The van der Waals surface area contributed by atoms with Crippen molar-refractivity contribution in [1.29, 1.82) is 0 Å². The molecule has 1 atom stereocenters. The van der Waals surface area contributed by atoms with Crippen molar-refractivity contribution >= 4 is 11.7 Å². The van der Waals surface area contributed by atoms with Crippen LogP contribution in [0.1, 0.15) is 20.8 Å². The van der Waals surface area contributed by atoms with Crippen molar-refractivity contribution in [3.05, 3.63) is 22.7 Å². The molecule has 1 aromatic heterocycles. The second-order valence-electron chi connectivity index (χ2n) is 5.23. The summed E-state index contributed by atoms with van der Waals surface area (Å²) in [5.74, 6) is 0.486. The van der Waals surface area contributed by atoms with Gasteiger partial charge in [-0.05, 0) is 12.8 Å². The van der Waals surface area contributed by atoms with Gasteiger partial charge in [-0.2, -0.15) is 0 Å². The molecule has 6 nitrogen and oxygen atoms in total. The number of carbonyl (C=O) groups is 1. The van der Waals surface area contributed by atoms with E-state index in [0.29, 0.717) is 12.5 Å². The molecule has 0 saturated carbocycles.